The number of nitrogens with one attached hydrogen (secondary N) is 1. The zero-order valence-electron chi connectivity index (χ0n) is 12.3. The molecule has 20 heavy (non-hydrogen) atoms. The topological polar surface area (TPSA) is 56.1 Å². The van der Waals surface area contributed by atoms with Gasteiger partial charge in [-0.05, 0) is 49.6 Å². The molecule has 0 aromatic heterocycles. The van der Waals surface area contributed by atoms with Crippen LogP contribution in [0.4, 0.5) is 5.69 Å². The van der Waals surface area contributed by atoms with E-state index in [1.807, 2.05) is 6.92 Å². The highest BCUT2D eigenvalue weighted by Gasteiger charge is 2.34. The van der Waals surface area contributed by atoms with Gasteiger partial charge in [-0.25, -0.2) is 0 Å². The minimum atomic E-state index is -0.132. The van der Waals surface area contributed by atoms with Crippen LogP contribution in [0.25, 0.3) is 0 Å². The zero-order chi connectivity index (χ0) is 14.8. The summed E-state index contributed by atoms with van der Waals surface area (Å²) in [5, 5.41) is 11.7. The van der Waals surface area contributed by atoms with E-state index in [1.54, 1.807) is 24.3 Å². The Morgan fingerprint density at radius 2 is 2.05 bits per heavy atom. The Labute approximate surface area is 120 Å². The summed E-state index contributed by atoms with van der Waals surface area (Å²) < 4.78 is 0. The predicted molar refractivity (Wildman–Crippen MR) is 79.2 cm³/mol. The van der Waals surface area contributed by atoms with Crippen molar-refractivity contribution in [3.8, 4) is 6.07 Å². The first kappa shape index (κ1) is 14.5. The molecule has 0 aliphatic carbocycles. The minimum Gasteiger partial charge on any atom is -0.325 e. The van der Waals surface area contributed by atoms with Gasteiger partial charge >= 0.3 is 0 Å². The summed E-state index contributed by atoms with van der Waals surface area (Å²) in [5.41, 5.74) is 1.62. The maximum Gasteiger partial charge on any atom is 0.241 e. The second kappa shape index (κ2) is 5.64. The maximum absolute atomic E-state index is 12.2. The molecule has 1 atom stereocenters. The van der Waals surface area contributed by atoms with E-state index in [1.165, 1.54) is 0 Å². The summed E-state index contributed by atoms with van der Waals surface area (Å²) >= 11 is 0. The lowest BCUT2D eigenvalue weighted by Crippen LogP contribution is -2.41. The van der Waals surface area contributed by atoms with Gasteiger partial charge in [-0.1, -0.05) is 13.8 Å². The van der Waals surface area contributed by atoms with Crippen LogP contribution < -0.4 is 5.32 Å². The zero-order valence-corrected chi connectivity index (χ0v) is 12.3. The molecule has 0 radical (unpaired) electrons. The van der Waals surface area contributed by atoms with Crippen molar-refractivity contribution in [2.45, 2.75) is 33.2 Å². The van der Waals surface area contributed by atoms with E-state index in [0.717, 1.165) is 25.2 Å². The Kier molecular flexibility index (Phi) is 4.10. The van der Waals surface area contributed by atoms with E-state index >= 15 is 0 Å². The first-order chi connectivity index (χ1) is 9.41. The summed E-state index contributed by atoms with van der Waals surface area (Å²) in [5.74, 6) is 0.00686. The molecular weight excluding hydrogens is 250 g/mol. The lowest BCUT2D eigenvalue weighted by Gasteiger charge is -2.25. The fraction of sp³-hybridized carbons (Fsp3) is 0.500. The average molecular weight is 271 g/mol. The molecule has 1 aliphatic rings. The van der Waals surface area contributed by atoms with Gasteiger partial charge in [0.15, 0.2) is 0 Å². The van der Waals surface area contributed by atoms with Crippen LogP contribution in [0.5, 0.6) is 0 Å². The molecule has 4 heteroatoms. The van der Waals surface area contributed by atoms with Crippen LogP contribution in [0.1, 0.15) is 32.8 Å². The molecule has 0 bridgehead atoms. The first-order valence-electron chi connectivity index (χ1n) is 6.96. The summed E-state index contributed by atoms with van der Waals surface area (Å²) in [6.45, 7) is 8.33. The SMILES string of the molecule is CC(C(=O)Nc1ccc(C#N)cc1)N1CCC(C)(C)C1. The van der Waals surface area contributed by atoms with Gasteiger partial charge in [0.1, 0.15) is 0 Å². The van der Waals surface area contributed by atoms with Crippen molar-refractivity contribution in [2.75, 3.05) is 18.4 Å². The Balaban J connectivity index is 1.96. The van der Waals surface area contributed by atoms with Crippen molar-refractivity contribution >= 4 is 11.6 Å². The smallest absolute Gasteiger partial charge is 0.241 e. The minimum absolute atomic E-state index is 0.00686. The number of benzene rings is 1. The van der Waals surface area contributed by atoms with Crippen molar-refractivity contribution in [2.24, 2.45) is 5.41 Å². The third kappa shape index (κ3) is 3.37. The second-order valence-electron chi connectivity index (χ2n) is 6.24. The molecule has 1 amide bonds. The van der Waals surface area contributed by atoms with Crippen molar-refractivity contribution in [3.63, 3.8) is 0 Å². The average Bonchev–Trinajstić information content (AvgIpc) is 2.79. The van der Waals surface area contributed by atoms with Crippen LogP contribution in [0, 0.1) is 16.7 Å². The van der Waals surface area contributed by atoms with Gasteiger partial charge in [0.05, 0.1) is 17.7 Å². The molecule has 1 aliphatic heterocycles. The van der Waals surface area contributed by atoms with Gasteiger partial charge in [0.25, 0.3) is 0 Å². The number of hydrogen-bond donors (Lipinski definition) is 1. The van der Waals surface area contributed by atoms with Crippen molar-refractivity contribution in [3.05, 3.63) is 29.8 Å². The molecule has 106 valence electrons. The maximum atomic E-state index is 12.2. The fourth-order valence-electron chi connectivity index (χ4n) is 2.53. The van der Waals surface area contributed by atoms with Crippen molar-refractivity contribution in [1.82, 2.24) is 4.90 Å². The van der Waals surface area contributed by atoms with Gasteiger partial charge in [-0.2, -0.15) is 5.26 Å². The number of carbonyl (C=O) groups is 1. The molecule has 1 N–H and O–H groups in total. The van der Waals surface area contributed by atoms with Crippen LogP contribution in [0.2, 0.25) is 0 Å². The molecule has 1 aromatic carbocycles. The number of hydrogen-bond acceptors (Lipinski definition) is 3. The van der Waals surface area contributed by atoms with Crippen LogP contribution in [0.3, 0.4) is 0 Å². The Morgan fingerprint density at radius 1 is 1.40 bits per heavy atom. The van der Waals surface area contributed by atoms with Crippen LogP contribution in [0.15, 0.2) is 24.3 Å². The Hall–Kier alpha value is -1.86. The van der Waals surface area contributed by atoms with E-state index < -0.39 is 0 Å². The van der Waals surface area contributed by atoms with E-state index in [2.05, 4.69) is 30.1 Å². The van der Waals surface area contributed by atoms with E-state index in [4.69, 9.17) is 5.26 Å². The molecular formula is C16H21N3O. The molecule has 2 rings (SSSR count). The predicted octanol–water partition coefficient (Wildman–Crippen LogP) is 2.62. The molecule has 4 nitrogen and oxygen atoms in total. The standard InChI is InChI=1S/C16H21N3O/c1-12(19-9-8-16(2,3)11-19)15(20)18-14-6-4-13(10-17)5-7-14/h4-7,12H,8-9,11H2,1-3H3,(H,18,20). The van der Waals surface area contributed by atoms with Gasteiger partial charge < -0.3 is 5.32 Å². The normalized spacial score (nSPS) is 19.3. The highest BCUT2D eigenvalue weighted by atomic mass is 16.2. The summed E-state index contributed by atoms with van der Waals surface area (Å²) in [6.07, 6.45) is 1.13. The van der Waals surface area contributed by atoms with E-state index in [9.17, 15) is 4.79 Å². The number of rotatable bonds is 3. The third-order valence-electron chi connectivity index (χ3n) is 3.92. The molecule has 1 unspecified atom stereocenters. The van der Waals surface area contributed by atoms with Gasteiger partial charge in [0, 0.05) is 12.2 Å². The quantitative estimate of drug-likeness (QED) is 0.919. The molecule has 1 heterocycles. The van der Waals surface area contributed by atoms with E-state index in [0.29, 0.717) is 11.0 Å². The molecule has 1 saturated heterocycles. The molecule has 0 saturated carbocycles. The van der Waals surface area contributed by atoms with Crippen molar-refractivity contribution in [1.29, 1.82) is 5.26 Å². The van der Waals surface area contributed by atoms with Gasteiger partial charge in [-0.3, -0.25) is 9.69 Å². The van der Waals surface area contributed by atoms with Crippen LogP contribution in [-0.2, 0) is 4.79 Å². The van der Waals surface area contributed by atoms with Crippen LogP contribution in [-0.4, -0.2) is 29.9 Å². The van der Waals surface area contributed by atoms with Gasteiger partial charge in [-0.15, -0.1) is 0 Å². The van der Waals surface area contributed by atoms with Gasteiger partial charge in [0.2, 0.25) is 5.91 Å². The number of anilines is 1. The monoisotopic (exact) mass is 271 g/mol. The Morgan fingerprint density at radius 3 is 2.55 bits per heavy atom. The lowest BCUT2D eigenvalue weighted by atomic mass is 9.93. The molecule has 1 fully saturated rings. The number of nitrogens with zero attached hydrogens (tertiary/aromatic N) is 2. The highest BCUT2D eigenvalue weighted by molar-refractivity contribution is 5.94. The van der Waals surface area contributed by atoms with E-state index in [-0.39, 0.29) is 11.9 Å². The first-order valence-corrected chi connectivity index (χ1v) is 6.96. The number of amides is 1. The summed E-state index contributed by atoms with van der Waals surface area (Å²) in [4.78, 5) is 14.5. The molecule has 0 spiro atoms. The highest BCUT2D eigenvalue weighted by Crippen LogP contribution is 2.30. The Bertz CT molecular complexity index is 528. The fourth-order valence-corrected chi connectivity index (χ4v) is 2.53. The third-order valence-corrected chi connectivity index (χ3v) is 3.92. The summed E-state index contributed by atoms with van der Waals surface area (Å²) in [7, 11) is 0. The van der Waals surface area contributed by atoms with Crippen molar-refractivity contribution < 1.29 is 4.79 Å². The largest absolute Gasteiger partial charge is 0.325 e. The second-order valence-corrected chi connectivity index (χ2v) is 6.24. The van der Waals surface area contributed by atoms with Crippen LogP contribution >= 0.6 is 0 Å². The number of carbonyl (C=O) groups excluding carboxylic acids is 1. The number of likely N-dealkylation sites (tertiary alicyclic amines) is 1. The summed E-state index contributed by atoms with van der Waals surface area (Å²) in [6, 6.07) is 8.87. The molecule has 1 aromatic rings. The number of nitriles is 1. The lowest BCUT2D eigenvalue weighted by molar-refractivity contribution is -0.120.